The van der Waals surface area contributed by atoms with Crippen LogP contribution >= 0.6 is 0 Å². The lowest BCUT2D eigenvalue weighted by Gasteiger charge is -2.17. The molecule has 0 aliphatic carbocycles. The molecule has 1 fully saturated rings. The molecule has 1 N–H and O–H groups in total. The summed E-state index contributed by atoms with van der Waals surface area (Å²) in [5.41, 5.74) is 5.36. The Morgan fingerprint density at radius 2 is 1.68 bits per heavy atom. The first-order valence-electron chi connectivity index (χ1n) is 7.56. The van der Waals surface area contributed by atoms with Gasteiger partial charge >= 0.3 is 0 Å². The first-order chi connectivity index (χ1) is 10.8. The molecule has 0 atom stereocenters. The van der Waals surface area contributed by atoms with E-state index in [-0.39, 0.29) is 5.91 Å². The van der Waals surface area contributed by atoms with E-state index in [0.717, 1.165) is 18.7 Å². The summed E-state index contributed by atoms with van der Waals surface area (Å²) in [6.07, 6.45) is 4.21. The van der Waals surface area contributed by atoms with Gasteiger partial charge in [0.1, 0.15) is 0 Å². The molecule has 0 bridgehead atoms. The van der Waals surface area contributed by atoms with Crippen LogP contribution in [0.3, 0.4) is 0 Å². The molecule has 1 aliphatic heterocycles. The van der Waals surface area contributed by atoms with Gasteiger partial charge in [-0.15, -0.1) is 0 Å². The van der Waals surface area contributed by atoms with E-state index < -0.39 is 0 Å². The van der Waals surface area contributed by atoms with Gasteiger partial charge in [-0.2, -0.15) is 5.10 Å². The third-order valence-corrected chi connectivity index (χ3v) is 3.78. The lowest BCUT2D eigenvalue weighted by Crippen LogP contribution is -2.18. The van der Waals surface area contributed by atoms with Crippen molar-refractivity contribution >= 4 is 17.8 Å². The molecule has 1 saturated heterocycles. The number of nitrogens with one attached hydrogen (secondary N) is 1. The highest BCUT2D eigenvalue weighted by molar-refractivity contribution is 5.94. The van der Waals surface area contributed by atoms with E-state index >= 15 is 0 Å². The second-order valence-corrected chi connectivity index (χ2v) is 5.35. The number of anilines is 1. The standard InChI is InChI=1S/C18H19N3O/c22-18(16-6-2-1-3-7-16)20-19-14-15-8-10-17(11-9-15)21-12-4-5-13-21/h1-3,6-11,14H,4-5,12-13H2,(H,20,22)/b19-14+. The van der Waals surface area contributed by atoms with Crippen LogP contribution in [-0.2, 0) is 0 Å². The summed E-state index contributed by atoms with van der Waals surface area (Å²) in [5.74, 6) is -0.203. The SMILES string of the molecule is O=C(N/N=C/c1ccc(N2CCCC2)cc1)c1ccccc1. The van der Waals surface area contributed by atoms with E-state index in [2.05, 4.69) is 27.6 Å². The Morgan fingerprint density at radius 1 is 1.00 bits per heavy atom. The highest BCUT2D eigenvalue weighted by Gasteiger charge is 2.11. The lowest BCUT2D eigenvalue weighted by molar-refractivity contribution is 0.0955. The molecule has 4 heteroatoms. The largest absolute Gasteiger partial charge is 0.372 e. The Hall–Kier alpha value is -2.62. The Balaban J connectivity index is 1.57. The van der Waals surface area contributed by atoms with Gasteiger partial charge in [0.15, 0.2) is 0 Å². The number of amides is 1. The number of rotatable bonds is 4. The maximum absolute atomic E-state index is 11.8. The van der Waals surface area contributed by atoms with Gasteiger partial charge in [0.25, 0.3) is 5.91 Å². The zero-order chi connectivity index (χ0) is 15.2. The van der Waals surface area contributed by atoms with Gasteiger partial charge in [-0.3, -0.25) is 4.79 Å². The number of benzene rings is 2. The van der Waals surface area contributed by atoms with Crippen LogP contribution in [0.15, 0.2) is 59.7 Å². The van der Waals surface area contributed by atoms with E-state index in [9.17, 15) is 4.79 Å². The average Bonchev–Trinajstić information content (AvgIpc) is 3.11. The number of carbonyl (C=O) groups is 1. The normalized spacial score (nSPS) is 14.5. The number of carbonyl (C=O) groups excluding carboxylic acids is 1. The molecule has 112 valence electrons. The van der Waals surface area contributed by atoms with Gasteiger partial charge in [-0.1, -0.05) is 30.3 Å². The Kier molecular flexibility index (Phi) is 4.49. The highest BCUT2D eigenvalue weighted by atomic mass is 16.2. The first kappa shape index (κ1) is 14.3. The summed E-state index contributed by atoms with van der Waals surface area (Å²) in [5, 5.41) is 4.01. The van der Waals surface area contributed by atoms with Gasteiger partial charge in [0.05, 0.1) is 6.21 Å². The number of hydrogen-bond donors (Lipinski definition) is 1. The van der Waals surface area contributed by atoms with Crippen molar-refractivity contribution in [1.82, 2.24) is 5.43 Å². The van der Waals surface area contributed by atoms with Crippen molar-refractivity contribution in [2.45, 2.75) is 12.8 Å². The first-order valence-corrected chi connectivity index (χ1v) is 7.56. The van der Waals surface area contributed by atoms with Crippen molar-refractivity contribution in [3.05, 3.63) is 65.7 Å². The lowest BCUT2D eigenvalue weighted by atomic mass is 10.2. The fourth-order valence-electron chi connectivity index (χ4n) is 2.57. The summed E-state index contributed by atoms with van der Waals surface area (Å²) in [7, 11) is 0. The molecule has 2 aromatic rings. The molecule has 0 aromatic heterocycles. The Morgan fingerprint density at radius 3 is 2.36 bits per heavy atom. The van der Waals surface area contributed by atoms with E-state index in [0.29, 0.717) is 5.56 Å². The summed E-state index contributed by atoms with van der Waals surface area (Å²) in [4.78, 5) is 14.2. The second kappa shape index (κ2) is 6.89. The molecule has 1 amide bonds. The molecule has 1 heterocycles. The fraction of sp³-hybridized carbons (Fsp3) is 0.222. The van der Waals surface area contributed by atoms with Crippen molar-refractivity contribution in [3.8, 4) is 0 Å². The van der Waals surface area contributed by atoms with E-state index in [1.54, 1.807) is 18.3 Å². The van der Waals surface area contributed by atoms with E-state index in [1.165, 1.54) is 18.5 Å². The molecule has 0 radical (unpaired) electrons. The predicted molar refractivity (Wildman–Crippen MR) is 89.4 cm³/mol. The minimum absolute atomic E-state index is 0.203. The van der Waals surface area contributed by atoms with Crippen LogP contribution in [0.25, 0.3) is 0 Å². The minimum atomic E-state index is -0.203. The van der Waals surface area contributed by atoms with Crippen LogP contribution in [0.5, 0.6) is 0 Å². The van der Waals surface area contributed by atoms with Crippen LogP contribution in [0.2, 0.25) is 0 Å². The predicted octanol–water partition coefficient (Wildman–Crippen LogP) is 3.05. The van der Waals surface area contributed by atoms with Gasteiger partial charge in [-0.25, -0.2) is 5.43 Å². The van der Waals surface area contributed by atoms with Gasteiger partial charge in [0, 0.05) is 24.3 Å². The average molecular weight is 293 g/mol. The summed E-state index contributed by atoms with van der Waals surface area (Å²) >= 11 is 0. The van der Waals surface area contributed by atoms with Gasteiger partial charge < -0.3 is 4.90 Å². The summed E-state index contributed by atoms with van der Waals surface area (Å²) in [6, 6.07) is 17.3. The molecule has 2 aromatic carbocycles. The third kappa shape index (κ3) is 3.52. The van der Waals surface area contributed by atoms with Crippen LogP contribution in [0.4, 0.5) is 5.69 Å². The molecule has 22 heavy (non-hydrogen) atoms. The van der Waals surface area contributed by atoms with Crippen molar-refractivity contribution in [2.75, 3.05) is 18.0 Å². The fourth-order valence-corrected chi connectivity index (χ4v) is 2.57. The molecule has 0 saturated carbocycles. The molecule has 0 unspecified atom stereocenters. The molecule has 0 spiro atoms. The maximum Gasteiger partial charge on any atom is 0.271 e. The third-order valence-electron chi connectivity index (χ3n) is 3.78. The molecular formula is C18H19N3O. The molecule has 4 nitrogen and oxygen atoms in total. The molecule has 1 aliphatic rings. The van der Waals surface area contributed by atoms with Crippen LogP contribution in [0, 0.1) is 0 Å². The topological polar surface area (TPSA) is 44.7 Å². The van der Waals surface area contributed by atoms with Crippen molar-refractivity contribution in [1.29, 1.82) is 0 Å². The van der Waals surface area contributed by atoms with Crippen LogP contribution in [-0.4, -0.2) is 25.2 Å². The van der Waals surface area contributed by atoms with Gasteiger partial charge in [-0.05, 0) is 42.7 Å². The summed E-state index contributed by atoms with van der Waals surface area (Å²) in [6.45, 7) is 2.28. The smallest absolute Gasteiger partial charge is 0.271 e. The maximum atomic E-state index is 11.8. The monoisotopic (exact) mass is 293 g/mol. The summed E-state index contributed by atoms with van der Waals surface area (Å²) < 4.78 is 0. The van der Waals surface area contributed by atoms with Crippen molar-refractivity contribution in [2.24, 2.45) is 5.10 Å². The van der Waals surface area contributed by atoms with Crippen molar-refractivity contribution in [3.63, 3.8) is 0 Å². The number of hydrazone groups is 1. The number of hydrogen-bond acceptors (Lipinski definition) is 3. The number of nitrogens with zero attached hydrogens (tertiary/aromatic N) is 2. The highest BCUT2D eigenvalue weighted by Crippen LogP contribution is 2.19. The zero-order valence-electron chi connectivity index (χ0n) is 12.4. The van der Waals surface area contributed by atoms with Crippen LogP contribution < -0.4 is 10.3 Å². The Labute approximate surface area is 130 Å². The minimum Gasteiger partial charge on any atom is -0.372 e. The van der Waals surface area contributed by atoms with Crippen molar-refractivity contribution < 1.29 is 4.79 Å². The van der Waals surface area contributed by atoms with Crippen LogP contribution in [0.1, 0.15) is 28.8 Å². The van der Waals surface area contributed by atoms with E-state index in [1.807, 2.05) is 30.3 Å². The van der Waals surface area contributed by atoms with E-state index in [4.69, 9.17) is 0 Å². The molecular weight excluding hydrogens is 274 g/mol. The zero-order valence-corrected chi connectivity index (χ0v) is 12.4. The van der Waals surface area contributed by atoms with Gasteiger partial charge in [0.2, 0.25) is 0 Å². The quantitative estimate of drug-likeness (QED) is 0.695. The Bertz CT molecular complexity index is 644. The second-order valence-electron chi connectivity index (χ2n) is 5.35. The molecule has 3 rings (SSSR count).